The van der Waals surface area contributed by atoms with E-state index in [1.807, 2.05) is 45.9 Å². The van der Waals surface area contributed by atoms with Crippen molar-refractivity contribution in [3.63, 3.8) is 0 Å². The number of pyridine rings is 3. The van der Waals surface area contributed by atoms with Gasteiger partial charge in [-0.2, -0.15) is 5.10 Å². The van der Waals surface area contributed by atoms with E-state index in [0.29, 0.717) is 33.8 Å². The highest BCUT2D eigenvalue weighted by Gasteiger charge is 2.24. The number of imidazole rings is 1. The first-order chi connectivity index (χ1) is 18.2. The van der Waals surface area contributed by atoms with E-state index < -0.39 is 17.5 Å². The summed E-state index contributed by atoms with van der Waals surface area (Å²) in [5.74, 6) is -0.124. The number of anilines is 1. The first-order valence-electron chi connectivity index (χ1n) is 12.0. The Hall–Kier alpha value is -4.22. The standard InChI is InChI=1S/C27H25FN8OS/c1-13-5-6-18(38-13)23-22-16(7-8-30-23)33-25(34-22)24-19-17(35-36-24)12-31-21(20(19)28)14-9-15(11-29-10-14)32-26(37)27(2,3)4/h5-12,26,32,37H,1-4H3,(H,33,34)(H,35,36). The van der Waals surface area contributed by atoms with Crippen LogP contribution in [-0.2, 0) is 0 Å². The number of aryl methyl sites for hydroxylation is 1. The number of rotatable bonds is 5. The summed E-state index contributed by atoms with van der Waals surface area (Å²) in [5, 5.41) is 21.0. The van der Waals surface area contributed by atoms with E-state index in [4.69, 9.17) is 4.98 Å². The van der Waals surface area contributed by atoms with Crippen molar-refractivity contribution in [1.82, 2.24) is 35.1 Å². The van der Waals surface area contributed by atoms with Crippen LogP contribution in [0.4, 0.5) is 10.1 Å². The predicted molar refractivity (Wildman–Crippen MR) is 147 cm³/mol. The molecule has 11 heteroatoms. The summed E-state index contributed by atoms with van der Waals surface area (Å²) in [6.45, 7) is 7.78. The average Bonchev–Trinajstić information content (AvgIpc) is 3.61. The minimum absolute atomic E-state index is 0.120. The number of hydrogen-bond acceptors (Lipinski definition) is 8. The van der Waals surface area contributed by atoms with Gasteiger partial charge >= 0.3 is 0 Å². The Kier molecular flexibility index (Phi) is 5.69. The number of halogens is 1. The molecule has 0 fully saturated rings. The van der Waals surface area contributed by atoms with Crippen LogP contribution in [0.15, 0.2) is 49.1 Å². The minimum atomic E-state index is -0.814. The summed E-state index contributed by atoms with van der Waals surface area (Å²) in [5.41, 5.74) is 3.77. The molecule has 0 spiro atoms. The van der Waals surface area contributed by atoms with Crippen LogP contribution in [0.2, 0.25) is 0 Å². The zero-order valence-corrected chi connectivity index (χ0v) is 22.0. The Bertz CT molecular complexity index is 1800. The number of hydrogen-bond donors (Lipinski definition) is 4. The van der Waals surface area contributed by atoms with Gasteiger partial charge in [0.05, 0.1) is 39.4 Å². The number of thiophene rings is 1. The monoisotopic (exact) mass is 528 g/mol. The third kappa shape index (κ3) is 4.19. The number of aliphatic hydroxyl groups is 1. The zero-order valence-electron chi connectivity index (χ0n) is 21.2. The average molecular weight is 529 g/mol. The predicted octanol–water partition coefficient (Wildman–Crippen LogP) is 5.91. The molecule has 0 aliphatic rings. The molecule has 0 bridgehead atoms. The Balaban J connectivity index is 1.43. The Morgan fingerprint density at radius 3 is 2.63 bits per heavy atom. The summed E-state index contributed by atoms with van der Waals surface area (Å²) < 4.78 is 16.0. The van der Waals surface area contributed by atoms with E-state index in [-0.39, 0.29) is 11.1 Å². The summed E-state index contributed by atoms with van der Waals surface area (Å²) >= 11 is 1.64. The molecule has 6 heterocycles. The van der Waals surface area contributed by atoms with Crippen molar-refractivity contribution in [3.05, 3.63) is 59.7 Å². The van der Waals surface area contributed by atoms with Crippen LogP contribution in [0.5, 0.6) is 0 Å². The van der Waals surface area contributed by atoms with Crippen molar-refractivity contribution in [1.29, 1.82) is 0 Å². The van der Waals surface area contributed by atoms with Crippen molar-refractivity contribution in [3.8, 4) is 33.3 Å². The molecule has 6 aromatic rings. The minimum Gasteiger partial charge on any atom is -0.373 e. The van der Waals surface area contributed by atoms with E-state index in [9.17, 15) is 5.11 Å². The Morgan fingerprint density at radius 1 is 1.03 bits per heavy atom. The number of aliphatic hydroxyl groups excluding tert-OH is 1. The summed E-state index contributed by atoms with van der Waals surface area (Å²) in [4.78, 5) is 23.3. The van der Waals surface area contributed by atoms with Gasteiger partial charge in [-0.3, -0.25) is 20.1 Å². The molecule has 6 rings (SSSR count). The summed E-state index contributed by atoms with van der Waals surface area (Å²) in [6, 6.07) is 7.61. The fourth-order valence-corrected chi connectivity index (χ4v) is 5.03. The number of fused-ring (bicyclic) bond motifs is 2. The molecule has 0 radical (unpaired) electrons. The van der Waals surface area contributed by atoms with Gasteiger partial charge in [0.1, 0.15) is 28.8 Å². The van der Waals surface area contributed by atoms with Gasteiger partial charge in [-0.15, -0.1) is 11.3 Å². The van der Waals surface area contributed by atoms with Crippen LogP contribution in [0.3, 0.4) is 0 Å². The quantitative estimate of drug-likeness (QED) is 0.205. The molecule has 4 N–H and O–H groups in total. The molecule has 0 aliphatic heterocycles. The highest BCUT2D eigenvalue weighted by Crippen LogP contribution is 2.35. The van der Waals surface area contributed by atoms with Crippen LogP contribution < -0.4 is 5.32 Å². The number of H-pyrrole nitrogens is 2. The second-order valence-corrected chi connectivity index (χ2v) is 11.5. The number of aromatic nitrogens is 7. The third-order valence-corrected chi connectivity index (χ3v) is 7.29. The molecule has 1 unspecified atom stereocenters. The highest BCUT2D eigenvalue weighted by molar-refractivity contribution is 7.15. The molecule has 0 aromatic carbocycles. The van der Waals surface area contributed by atoms with Crippen molar-refractivity contribution < 1.29 is 9.50 Å². The lowest BCUT2D eigenvalue weighted by Gasteiger charge is -2.27. The van der Waals surface area contributed by atoms with Crippen LogP contribution in [0.25, 0.3) is 55.3 Å². The molecule has 0 saturated carbocycles. The van der Waals surface area contributed by atoms with Gasteiger partial charge in [-0.1, -0.05) is 20.8 Å². The molecule has 0 saturated heterocycles. The molecule has 192 valence electrons. The van der Waals surface area contributed by atoms with Gasteiger partial charge in [0.15, 0.2) is 11.6 Å². The summed E-state index contributed by atoms with van der Waals surface area (Å²) in [7, 11) is 0. The van der Waals surface area contributed by atoms with E-state index >= 15 is 4.39 Å². The van der Waals surface area contributed by atoms with Gasteiger partial charge in [0.25, 0.3) is 0 Å². The maximum absolute atomic E-state index is 16.0. The van der Waals surface area contributed by atoms with Crippen molar-refractivity contribution >= 4 is 39.0 Å². The zero-order chi connectivity index (χ0) is 26.6. The molecule has 38 heavy (non-hydrogen) atoms. The SMILES string of the molecule is Cc1ccc(-c2nccc3[nH]c(-c4n[nH]c5cnc(-c6cncc(NC(O)C(C)(C)C)c6)c(F)c45)nc23)s1. The van der Waals surface area contributed by atoms with Gasteiger partial charge in [0.2, 0.25) is 0 Å². The highest BCUT2D eigenvalue weighted by atomic mass is 32.1. The molecule has 9 nitrogen and oxygen atoms in total. The van der Waals surface area contributed by atoms with E-state index in [1.165, 1.54) is 11.1 Å². The molecular weight excluding hydrogens is 503 g/mol. The Morgan fingerprint density at radius 2 is 1.87 bits per heavy atom. The van der Waals surface area contributed by atoms with E-state index in [2.05, 4.69) is 35.5 Å². The van der Waals surface area contributed by atoms with Crippen LogP contribution >= 0.6 is 11.3 Å². The first-order valence-corrected chi connectivity index (χ1v) is 12.8. The Labute approximate surface area is 221 Å². The maximum Gasteiger partial charge on any atom is 0.161 e. The molecular formula is C27H25FN8OS. The van der Waals surface area contributed by atoms with Crippen molar-refractivity contribution in [2.24, 2.45) is 5.41 Å². The van der Waals surface area contributed by atoms with Crippen LogP contribution in [0, 0.1) is 18.2 Å². The number of aromatic amines is 2. The normalized spacial score (nSPS) is 12.9. The van der Waals surface area contributed by atoms with Crippen LogP contribution in [0.1, 0.15) is 25.6 Å². The van der Waals surface area contributed by atoms with E-state index in [1.54, 1.807) is 36.0 Å². The second-order valence-electron chi connectivity index (χ2n) is 10.2. The van der Waals surface area contributed by atoms with Gasteiger partial charge in [-0.05, 0) is 31.2 Å². The van der Waals surface area contributed by atoms with Gasteiger partial charge in [0, 0.05) is 28.2 Å². The fourth-order valence-electron chi connectivity index (χ4n) is 4.16. The maximum atomic E-state index is 16.0. The lowest BCUT2D eigenvalue weighted by atomic mass is 9.94. The molecule has 0 amide bonds. The number of nitrogens with one attached hydrogen (secondary N) is 3. The van der Waals surface area contributed by atoms with E-state index in [0.717, 1.165) is 16.1 Å². The number of nitrogens with zero attached hydrogens (tertiary/aromatic N) is 5. The lowest BCUT2D eigenvalue weighted by molar-refractivity contribution is 0.0880. The topological polar surface area (TPSA) is 128 Å². The second kappa shape index (κ2) is 8.96. The van der Waals surface area contributed by atoms with Crippen molar-refractivity contribution in [2.75, 3.05) is 5.32 Å². The smallest absolute Gasteiger partial charge is 0.161 e. The fraction of sp³-hybridized carbons (Fsp3) is 0.222. The molecule has 6 aromatic heterocycles. The van der Waals surface area contributed by atoms with Gasteiger partial charge < -0.3 is 15.4 Å². The van der Waals surface area contributed by atoms with Crippen LogP contribution in [-0.4, -0.2) is 46.5 Å². The third-order valence-electron chi connectivity index (χ3n) is 6.28. The first kappa shape index (κ1) is 24.1. The lowest BCUT2D eigenvalue weighted by Crippen LogP contribution is -2.33. The molecule has 1 atom stereocenters. The van der Waals surface area contributed by atoms with Gasteiger partial charge in [-0.25, -0.2) is 9.37 Å². The van der Waals surface area contributed by atoms with Crippen molar-refractivity contribution in [2.45, 2.75) is 33.9 Å². The molecule has 0 aliphatic carbocycles. The largest absolute Gasteiger partial charge is 0.373 e. The summed E-state index contributed by atoms with van der Waals surface area (Å²) in [6.07, 6.45) is 5.57.